The molecule has 0 radical (unpaired) electrons. The maximum Gasteiger partial charge on any atom is 0.175 e. The first-order valence-corrected chi connectivity index (χ1v) is 8.55. The van der Waals surface area contributed by atoms with Gasteiger partial charge in [-0.05, 0) is 12.2 Å². The van der Waals surface area contributed by atoms with E-state index in [1.807, 2.05) is 18.0 Å². The number of thiazole rings is 1. The van der Waals surface area contributed by atoms with Gasteiger partial charge in [0.1, 0.15) is 16.1 Å². The van der Waals surface area contributed by atoms with Crippen LogP contribution in [0.3, 0.4) is 0 Å². The fourth-order valence-electron chi connectivity index (χ4n) is 1.24. The summed E-state index contributed by atoms with van der Waals surface area (Å²) < 4.78 is 2.19. The molecular formula is C11H15N3S3. The Kier molecular flexibility index (Phi) is 4.64. The van der Waals surface area contributed by atoms with Crippen LogP contribution < -0.4 is 0 Å². The highest BCUT2D eigenvalue weighted by Gasteiger charge is 2.11. The van der Waals surface area contributed by atoms with Gasteiger partial charge in [0, 0.05) is 5.75 Å². The molecule has 0 saturated heterocycles. The van der Waals surface area contributed by atoms with E-state index in [0.29, 0.717) is 0 Å². The summed E-state index contributed by atoms with van der Waals surface area (Å²) in [5.41, 5.74) is 0.834. The van der Waals surface area contributed by atoms with Gasteiger partial charge in [-0.2, -0.15) is 0 Å². The fourth-order valence-corrected chi connectivity index (χ4v) is 3.96. The van der Waals surface area contributed by atoms with Crippen molar-refractivity contribution < 1.29 is 0 Å². The third-order valence-corrected chi connectivity index (χ3v) is 6.00. The number of aromatic nitrogens is 3. The lowest BCUT2D eigenvalue weighted by atomic mass is 10.2. The van der Waals surface area contributed by atoms with Crippen molar-refractivity contribution in [2.24, 2.45) is 5.92 Å². The van der Waals surface area contributed by atoms with Crippen LogP contribution in [0.2, 0.25) is 0 Å². The fraction of sp³-hybridized carbons (Fsp3) is 0.545. The van der Waals surface area contributed by atoms with Crippen LogP contribution in [0.5, 0.6) is 0 Å². The largest absolute Gasteiger partial charge is 0.228 e. The van der Waals surface area contributed by atoms with E-state index in [1.165, 1.54) is 6.42 Å². The molecule has 1 atom stereocenters. The second kappa shape index (κ2) is 6.02. The zero-order valence-electron chi connectivity index (χ0n) is 10.1. The topological polar surface area (TPSA) is 38.7 Å². The van der Waals surface area contributed by atoms with E-state index in [9.17, 15) is 0 Å². The van der Waals surface area contributed by atoms with Gasteiger partial charge in [0.15, 0.2) is 9.99 Å². The zero-order valence-corrected chi connectivity index (χ0v) is 12.6. The van der Waals surface area contributed by atoms with Gasteiger partial charge >= 0.3 is 0 Å². The van der Waals surface area contributed by atoms with E-state index in [1.54, 1.807) is 29.4 Å². The minimum Gasteiger partial charge on any atom is -0.228 e. The minimum absolute atomic E-state index is 0.720. The van der Waals surface area contributed by atoms with E-state index >= 15 is 0 Å². The Labute approximate surface area is 114 Å². The summed E-state index contributed by atoms with van der Waals surface area (Å²) in [7, 11) is 0. The number of rotatable bonds is 5. The highest BCUT2D eigenvalue weighted by atomic mass is 32.2. The summed E-state index contributed by atoms with van der Waals surface area (Å²) in [6.07, 6.45) is 4.86. The molecule has 0 bridgehead atoms. The monoisotopic (exact) mass is 285 g/mol. The molecule has 0 aliphatic heterocycles. The van der Waals surface area contributed by atoms with Crippen LogP contribution in [-0.2, 0) is 0 Å². The molecule has 0 aliphatic carbocycles. The molecule has 0 aliphatic rings. The second-order valence-corrected chi connectivity index (χ2v) is 6.90. The molecule has 2 aromatic rings. The molecule has 0 aromatic carbocycles. The second-order valence-electron chi connectivity index (χ2n) is 3.84. The third-order valence-electron chi connectivity index (χ3n) is 2.52. The first kappa shape index (κ1) is 13.1. The number of hydrogen-bond acceptors (Lipinski definition) is 6. The molecule has 6 heteroatoms. The van der Waals surface area contributed by atoms with Crippen molar-refractivity contribution in [1.82, 2.24) is 15.0 Å². The van der Waals surface area contributed by atoms with Crippen molar-refractivity contribution in [3.05, 3.63) is 6.33 Å². The first-order chi connectivity index (χ1) is 8.24. The van der Waals surface area contributed by atoms with Crippen LogP contribution in [0, 0.1) is 5.92 Å². The molecule has 92 valence electrons. The van der Waals surface area contributed by atoms with E-state index in [-0.39, 0.29) is 0 Å². The summed E-state index contributed by atoms with van der Waals surface area (Å²) in [5, 5.41) is 1.08. The SMILES string of the molecule is CCC(C)CSc1ncnc2nc(SC)sc12. The van der Waals surface area contributed by atoms with Gasteiger partial charge in [-0.25, -0.2) is 15.0 Å². The number of hydrogen-bond donors (Lipinski definition) is 0. The lowest BCUT2D eigenvalue weighted by Gasteiger charge is -2.06. The maximum atomic E-state index is 4.46. The van der Waals surface area contributed by atoms with E-state index in [2.05, 4.69) is 28.8 Å². The van der Waals surface area contributed by atoms with Gasteiger partial charge in [0.2, 0.25) is 0 Å². The van der Waals surface area contributed by atoms with Crippen molar-refractivity contribution in [2.75, 3.05) is 12.0 Å². The molecule has 2 heterocycles. The molecular weight excluding hydrogens is 270 g/mol. The van der Waals surface area contributed by atoms with Crippen LogP contribution >= 0.6 is 34.9 Å². The highest BCUT2D eigenvalue weighted by Crippen LogP contribution is 2.33. The smallest absolute Gasteiger partial charge is 0.175 e. The van der Waals surface area contributed by atoms with Crippen molar-refractivity contribution in [3.63, 3.8) is 0 Å². The highest BCUT2D eigenvalue weighted by molar-refractivity contribution is 8.00. The number of thioether (sulfide) groups is 2. The lowest BCUT2D eigenvalue weighted by molar-refractivity contribution is 0.636. The van der Waals surface area contributed by atoms with Gasteiger partial charge in [0.05, 0.1) is 0 Å². The third kappa shape index (κ3) is 3.11. The van der Waals surface area contributed by atoms with Gasteiger partial charge in [-0.1, -0.05) is 32.0 Å². The molecule has 0 fully saturated rings. The van der Waals surface area contributed by atoms with Crippen LogP contribution in [0.15, 0.2) is 15.7 Å². The molecule has 2 aromatic heterocycles. The predicted molar refractivity (Wildman–Crippen MR) is 77.2 cm³/mol. The molecule has 2 rings (SSSR count). The predicted octanol–water partition coefficient (Wildman–Crippen LogP) is 3.95. The standard InChI is InChI=1S/C11H15N3S3/c1-4-7(2)5-16-10-8-9(12-6-13-10)14-11(15-3)17-8/h6-7H,4-5H2,1-3H3. The Morgan fingerprint density at radius 1 is 1.41 bits per heavy atom. The average Bonchev–Trinajstić information content (AvgIpc) is 2.79. The van der Waals surface area contributed by atoms with Crippen molar-refractivity contribution in [3.8, 4) is 0 Å². The Bertz CT molecular complexity index is 498. The Balaban J connectivity index is 2.24. The van der Waals surface area contributed by atoms with Crippen LogP contribution in [0.1, 0.15) is 20.3 Å². The lowest BCUT2D eigenvalue weighted by Crippen LogP contribution is -1.96. The molecule has 1 unspecified atom stereocenters. The summed E-state index contributed by atoms with van der Waals surface area (Å²) in [5.74, 6) is 1.83. The van der Waals surface area contributed by atoms with Crippen molar-refractivity contribution in [1.29, 1.82) is 0 Å². The van der Waals surface area contributed by atoms with Crippen LogP contribution in [-0.4, -0.2) is 27.0 Å². The van der Waals surface area contributed by atoms with E-state index in [0.717, 1.165) is 31.4 Å². The maximum absolute atomic E-state index is 4.46. The van der Waals surface area contributed by atoms with Gasteiger partial charge in [-0.15, -0.1) is 23.1 Å². The van der Waals surface area contributed by atoms with Gasteiger partial charge in [0.25, 0.3) is 0 Å². The normalized spacial score (nSPS) is 13.1. The van der Waals surface area contributed by atoms with Crippen molar-refractivity contribution in [2.45, 2.75) is 29.6 Å². The summed E-state index contributed by atoms with van der Waals surface area (Å²) >= 11 is 5.17. The molecule has 0 amide bonds. The summed E-state index contributed by atoms with van der Waals surface area (Å²) in [6.45, 7) is 4.49. The quantitative estimate of drug-likeness (QED) is 0.614. The minimum atomic E-state index is 0.720. The van der Waals surface area contributed by atoms with Gasteiger partial charge < -0.3 is 0 Å². The molecule has 0 N–H and O–H groups in total. The van der Waals surface area contributed by atoms with Gasteiger partial charge in [-0.3, -0.25) is 0 Å². The van der Waals surface area contributed by atoms with E-state index in [4.69, 9.17) is 0 Å². The molecule has 0 spiro atoms. The van der Waals surface area contributed by atoms with Crippen LogP contribution in [0.4, 0.5) is 0 Å². The Hall–Kier alpha value is -0.330. The van der Waals surface area contributed by atoms with Crippen molar-refractivity contribution >= 4 is 45.2 Å². The molecule has 3 nitrogen and oxygen atoms in total. The number of nitrogens with zero attached hydrogens (tertiary/aromatic N) is 3. The van der Waals surface area contributed by atoms with E-state index < -0.39 is 0 Å². The number of fused-ring (bicyclic) bond motifs is 1. The average molecular weight is 285 g/mol. The summed E-state index contributed by atoms with van der Waals surface area (Å²) in [4.78, 5) is 13.0. The molecule has 17 heavy (non-hydrogen) atoms. The molecule has 0 saturated carbocycles. The Morgan fingerprint density at radius 3 is 2.94 bits per heavy atom. The zero-order chi connectivity index (χ0) is 12.3. The summed E-state index contributed by atoms with van der Waals surface area (Å²) in [6, 6.07) is 0. The first-order valence-electron chi connectivity index (χ1n) is 5.53. The van der Waals surface area contributed by atoms with Crippen LogP contribution in [0.25, 0.3) is 10.3 Å². The Morgan fingerprint density at radius 2 is 2.24 bits per heavy atom.